The molecule has 154 valence electrons. The summed E-state index contributed by atoms with van der Waals surface area (Å²) < 4.78 is 12.2. The number of rotatable bonds is 7. The van der Waals surface area contributed by atoms with E-state index >= 15 is 0 Å². The molecular formula is C25H24BrNO3. The summed E-state index contributed by atoms with van der Waals surface area (Å²) in [5.74, 6) is 1.02. The van der Waals surface area contributed by atoms with Crippen molar-refractivity contribution in [2.24, 2.45) is 0 Å². The number of halogens is 1. The lowest BCUT2D eigenvalue weighted by Gasteiger charge is -2.13. The van der Waals surface area contributed by atoms with E-state index in [0.717, 1.165) is 32.4 Å². The topological polar surface area (TPSA) is 47.6 Å². The van der Waals surface area contributed by atoms with Crippen molar-refractivity contribution in [1.29, 1.82) is 0 Å². The normalized spacial score (nSPS) is 10.8. The molecule has 0 heterocycles. The molecule has 0 unspecified atom stereocenters. The van der Waals surface area contributed by atoms with E-state index in [1.807, 2.05) is 68.4 Å². The number of methoxy groups -OCH3 is 1. The van der Waals surface area contributed by atoms with Gasteiger partial charge in [0.1, 0.15) is 6.61 Å². The number of carbonyl (C=O) groups excluding carboxylic acids is 1. The predicted molar refractivity (Wildman–Crippen MR) is 125 cm³/mol. The largest absolute Gasteiger partial charge is 0.493 e. The third kappa shape index (κ3) is 5.97. The van der Waals surface area contributed by atoms with E-state index in [1.54, 1.807) is 13.2 Å². The molecule has 0 aliphatic rings. The van der Waals surface area contributed by atoms with Crippen LogP contribution in [0.25, 0.3) is 6.08 Å². The molecule has 1 N–H and O–H groups in total. The number of hydrogen-bond donors (Lipinski definition) is 1. The van der Waals surface area contributed by atoms with E-state index in [1.165, 1.54) is 6.08 Å². The first kappa shape index (κ1) is 21.7. The van der Waals surface area contributed by atoms with E-state index in [9.17, 15) is 4.79 Å². The monoisotopic (exact) mass is 465 g/mol. The average Bonchev–Trinajstić information content (AvgIpc) is 2.71. The van der Waals surface area contributed by atoms with E-state index in [4.69, 9.17) is 9.47 Å². The maximum absolute atomic E-state index is 12.3. The average molecular weight is 466 g/mol. The van der Waals surface area contributed by atoms with Crippen molar-refractivity contribution in [3.05, 3.63) is 93.5 Å². The Bertz CT molecular complexity index is 1040. The fourth-order valence-electron chi connectivity index (χ4n) is 3.11. The highest BCUT2D eigenvalue weighted by Gasteiger charge is 2.11. The summed E-state index contributed by atoms with van der Waals surface area (Å²) in [6, 6.07) is 19.6. The number of hydrogen-bond acceptors (Lipinski definition) is 3. The molecule has 0 aromatic heterocycles. The third-order valence-electron chi connectivity index (χ3n) is 4.39. The fraction of sp³-hybridized carbons (Fsp3) is 0.160. The molecule has 0 atom stereocenters. The van der Waals surface area contributed by atoms with Crippen molar-refractivity contribution >= 4 is 33.6 Å². The van der Waals surface area contributed by atoms with Crippen molar-refractivity contribution < 1.29 is 14.3 Å². The van der Waals surface area contributed by atoms with Gasteiger partial charge in [-0.2, -0.15) is 0 Å². The SMILES string of the molecule is COc1cc(C=CC(=O)Nc2cc(C)cc(C)c2)cc(Br)c1OCc1ccccc1. The molecule has 3 aromatic rings. The van der Waals surface area contributed by atoms with E-state index in [-0.39, 0.29) is 5.91 Å². The molecule has 0 radical (unpaired) electrons. The number of anilines is 1. The summed E-state index contributed by atoms with van der Waals surface area (Å²) in [7, 11) is 1.59. The van der Waals surface area contributed by atoms with Crippen LogP contribution in [-0.2, 0) is 11.4 Å². The zero-order valence-electron chi connectivity index (χ0n) is 17.2. The summed E-state index contributed by atoms with van der Waals surface area (Å²) in [5.41, 5.74) is 4.88. The van der Waals surface area contributed by atoms with Crippen LogP contribution in [0.3, 0.4) is 0 Å². The maximum atomic E-state index is 12.3. The zero-order valence-corrected chi connectivity index (χ0v) is 18.8. The summed E-state index contributed by atoms with van der Waals surface area (Å²) in [4.78, 5) is 12.3. The Morgan fingerprint density at radius 1 is 1.03 bits per heavy atom. The van der Waals surface area contributed by atoms with Gasteiger partial charge in [0.2, 0.25) is 5.91 Å². The molecule has 0 bridgehead atoms. The molecule has 30 heavy (non-hydrogen) atoms. The van der Waals surface area contributed by atoms with Crippen LogP contribution >= 0.6 is 15.9 Å². The maximum Gasteiger partial charge on any atom is 0.248 e. The molecule has 5 heteroatoms. The molecule has 0 fully saturated rings. The lowest BCUT2D eigenvalue weighted by Crippen LogP contribution is -2.08. The van der Waals surface area contributed by atoms with Crippen LogP contribution in [0, 0.1) is 13.8 Å². The number of carbonyl (C=O) groups is 1. The van der Waals surface area contributed by atoms with Gasteiger partial charge < -0.3 is 14.8 Å². The Hall–Kier alpha value is -3.05. The van der Waals surface area contributed by atoms with Gasteiger partial charge in [0, 0.05) is 11.8 Å². The second-order valence-corrected chi connectivity index (χ2v) is 7.86. The van der Waals surface area contributed by atoms with Gasteiger partial charge in [-0.05, 0) is 82.4 Å². The third-order valence-corrected chi connectivity index (χ3v) is 4.98. The molecule has 0 aliphatic carbocycles. The lowest BCUT2D eigenvalue weighted by molar-refractivity contribution is -0.111. The van der Waals surface area contributed by atoms with Gasteiger partial charge in [0.15, 0.2) is 11.5 Å². The Kier molecular flexibility index (Phi) is 7.31. The van der Waals surface area contributed by atoms with E-state index in [2.05, 4.69) is 27.3 Å². The molecule has 0 spiro atoms. The molecule has 0 saturated carbocycles. The quantitative estimate of drug-likeness (QED) is 0.416. The Balaban J connectivity index is 1.71. The second-order valence-electron chi connectivity index (χ2n) is 7.01. The van der Waals surface area contributed by atoms with Crippen LogP contribution in [0.15, 0.2) is 71.2 Å². The smallest absolute Gasteiger partial charge is 0.248 e. The van der Waals surface area contributed by atoms with Crippen molar-refractivity contribution in [3.8, 4) is 11.5 Å². The highest BCUT2D eigenvalue weighted by atomic mass is 79.9. The number of benzene rings is 3. The number of amides is 1. The van der Waals surface area contributed by atoms with Gasteiger partial charge in [0.05, 0.1) is 11.6 Å². The minimum Gasteiger partial charge on any atom is -0.493 e. The number of nitrogens with one attached hydrogen (secondary N) is 1. The Morgan fingerprint density at radius 3 is 2.40 bits per heavy atom. The van der Waals surface area contributed by atoms with Crippen molar-refractivity contribution in [3.63, 3.8) is 0 Å². The zero-order chi connectivity index (χ0) is 21.5. The highest BCUT2D eigenvalue weighted by Crippen LogP contribution is 2.37. The molecule has 0 saturated heterocycles. The van der Waals surface area contributed by atoms with E-state index in [0.29, 0.717) is 18.1 Å². The van der Waals surface area contributed by atoms with Gasteiger partial charge in [-0.15, -0.1) is 0 Å². The minimum absolute atomic E-state index is 0.195. The molecule has 0 aliphatic heterocycles. The summed E-state index contributed by atoms with van der Waals surface area (Å²) in [6.07, 6.45) is 3.25. The number of aryl methyl sites for hydroxylation is 2. The second kappa shape index (κ2) is 10.1. The summed E-state index contributed by atoms with van der Waals surface area (Å²) in [6.45, 7) is 4.44. The van der Waals surface area contributed by atoms with Crippen molar-refractivity contribution in [2.75, 3.05) is 12.4 Å². The molecule has 3 aromatic carbocycles. The van der Waals surface area contributed by atoms with Crippen LogP contribution in [0.2, 0.25) is 0 Å². The van der Waals surface area contributed by atoms with Crippen molar-refractivity contribution in [1.82, 2.24) is 0 Å². The first-order valence-corrected chi connectivity index (χ1v) is 10.4. The molecule has 1 amide bonds. The Labute approximate surface area is 185 Å². The van der Waals surface area contributed by atoms with Gasteiger partial charge in [-0.3, -0.25) is 4.79 Å². The first-order valence-electron chi connectivity index (χ1n) is 9.56. The van der Waals surface area contributed by atoms with Crippen molar-refractivity contribution in [2.45, 2.75) is 20.5 Å². The van der Waals surface area contributed by atoms with Gasteiger partial charge in [0.25, 0.3) is 0 Å². The molecule has 4 nitrogen and oxygen atoms in total. The van der Waals surface area contributed by atoms with Crippen LogP contribution < -0.4 is 14.8 Å². The van der Waals surface area contributed by atoms with Crippen LogP contribution in [0.5, 0.6) is 11.5 Å². The van der Waals surface area contributed by atoms with Gasteiger partial charge >= 0.3 is 0 Å². The standard InChI is InChI=1S/C25H24BrNO3/c1-17-11-18(2)13-21(12-17)27-24(28)10-9-20-14-22(26)25(23(15-20)29-3)30-16-19-7-5-4-6-8-19/h4-15H,16H2,1-3H3,(H,27,28). The minimum atomic E-state index is -0.195. The summed E-state index contributed by atoms with van der Waals surface area (Å²) >= 11 is 3.55. The molecule has 3 rings (SSSR count). The highest BCUT2D eigenvalue weighted by molar-refractivity contribution is 9.10. The van der Waals surface area contributed by atoms with Crippen LogP contribution in [0.1, 0.15) is 22.3 Å². The van der Waals surface area contributed by atoms with Gasteiger partial charge in [-0.1, -0.05) is 36.4 Å². The van der Waals surface area contributed by atoms with E-state index < -0.39 is 0 Å². The first-order chi connectivity index (χ1) is 14.4. The fourth-order valence-corrected chi connectivity index (χ4v) is 3.68. The number of ether oxygens (including phenoxy) is 2. The molecular weight excluding hydrogens is 442 g/mol. The summed E-state index contributed by atoms with van der Waals surface area (Å²) in [5, 5.41) is 2.89. The predicted octanol–water partition coefficient (Wildman–Crippen LogP) is 6.31. The Morgan fingerprint density at radius 2 is 1.73 bits per heavy atom. The van der Waals surface area contributed by atoms with Crippen LogP contribution in [-0.4, -0.2) is 13.0 Å². The van der Waals surface area contributed by atoms with Gasteiger partial charge in [-0.25, -0.2) is 0 Å². The lowest BCUT2D eigenvalue weighted by atomic mass is 10.1. The van der Waals surface area contributed by atoms with Crippen LogP contribution in [0.4, 0.5) is 5.69 Å².